The van der Waals surface area contributed by atoms with Gasteiger partial charge in [0, 0.05) is 15.7 Å². The zero-order valence-corrected chi connectivity index (χ0v) is 13.0. The van der Waals surface area contributed by atoms with Crippen LogP contribution in [0.1, 0.15) is 26.7 Å². The van der Waals surface area contributed by atoms with Gasteiger partial charge in [-0.15, -0.1) is 11.8 Å². The van der Waals surface area contributed by atoms with E-state index in [2.05, 4.69) is 12.2 Å². The van der Waals surface area contributed by atoms with Crippen molar-refractivity contribution in [2.45, 2.75) is 37.1 Å². The van der Waals surface area contributed by atoms with Gasteiger partial charge in [-0.3, -0.25) is 4.79 Å². The number of halogens is 1. The number of carbonyl (C=O) groups is 1. The summed E-state index contributed by atoms with van der Waals surface area (Å²) in [6.07, 6.45) is 1.68. The van der Waals surface area contributed by atoms with E-state index in [-0.39, 0.29) is 5.91 Å². The molecule has 0 saturated carbocycles. The fraction of sp³-hybridized carbons (Fsp3) is 0.500. The van der Waals surface area contributed by atoms with Gasteiger partial charge < -0.3 is 11.1 Å². The molecule has 3 N–H and O–H groups in total. The van der Waals surface area contributed by atoms with Crippen LogP contribution in [0.15, 0.2) is 29.2 Å². The maximum absolute atomic E-state index is 11.5. The van der Waals surface area contributed by atoms with Crippen molar-refractivity contribution in [3.05, 3.63) is 29.3 Å². The topological polar surface area (TPSA) is 55.1 Å². The van der Waals surface area contributed by atoms with Crippen molar-refractivity contribution in [1.29, 1.82) is 0 Å². The summed E-state index contributed by atoms with van der Waals surface area (Å²) < 4.78 is 0. The summed E-state index contributed by atoms with van der Waals surface area (Å²) in [4.78, 5) is 12.7. The lowest BCUT2D eigenvalue weighted by Crippen LogP contribution is -2.53. The molecule has 1 amide bonds. The van der Waals surface area contributed by atoms with Gasteiger partial charge in [-0.05, 0) is 50.6 Å². The van der Waals surface area contributed by atoms with Gasteiger partial charge in [-0.25, -0.2) is 0 Å². The minimum absolute atomic E-state index is 0.294. The van der Waals surface area contributed by atoms with Crippen molar-refractivity contribution >= 4 is 29.3 Å². The summed E-state index contributed by atoms with van der Waals surface area (Å²) in [7, 11) is 0. The highest BCUT2D eigenvalue weighted by Gasteiger charge is 2.29. The zero-order chi connectivity index (χ0) is 14.3. The summed E-state index contributed by atoms with van der Waals surface area (Å²) in [5, 5.41) is 3.96. The first-order valence-corrected chi connectivity index (χ1v) is 7.77. The Kier molecular flexibility index (Phi) is 6.69. The van der Waals surface area contributed by atoms with Crippen molar-refractivity contribution in [3.8, 4) is 0 Å². The van der Waals surface area contributed by atoms with Crippen molar-refractivity contribution < 1.29 is 4.79 Å². The van der Waals surface area contributed by atoms with E-state index < -0.39 is 5.54 Å². The summed E-state index contributed by atoms with van der Waals surface area (Å²) in [6, 6.07) is 7.70. The highest BCUT2D eigenvalue weighted by Crippen LogP contribution is 2.23. The standard InChI is InChI=1S/C14H21ClN2OS/c1-3-9-17-14(2,13(16)18)8-10-19-12-6-4-11(15)5-7-12/h4-7,17H,3,8-10H2,1-2H3,(H2,16,18). The molecule has 0 fully saturated rings. The molecule has 106 valence electrons. The summed E-state index contributed by atoms with van der Waals surface area (Å²) in [5.74, 6) is 0.537. The average molecular weight is 301 g/mol. The van der Waals surface area contributed by atoms with Gasteiger partial charge in [-0.2, -0.15) is 0 Å². The maximum atomic E-state index is 11.5. The van der Waals surface area contributed by atoms with Crippen molar-refractivity contribution in [2.24, 2.45) is 5.73 Å². The smallest absolute Gasteiger partial charge is 0.237 e. The Morgan fingerprint density at radius 3 is 2.58 bits per heavy atom. The molecule has 0 aliphatic carbocycles. The minimum atomic E-state index is -0.630. The Balaban J connectivity index is 2.48. The van der Waals surface area contributed by atoms with Crippen molar-refractivity contribution in [2.75, 3.05) is 12.3 Å². The van der Waals surface area contributed by atoms with Crippen molar-refractivity contribution in [3.63, 3.8) is 0 Å². The van der Waals surface area contributed by atoms with Crippen LogP contribution in [0.5, 0.6) is 0 Å². The number of carbonyl (C=O) groups excluding carboxylic acids is 1. The quantitative estimate of drug-likeness (QED) is 0.726. The molecule has 0 aliphatic heterocycles. The van der Waals surface area contributed by atoms with Crippen LogP contribution in [-0.2, 0) is 4.79 Å². The Morgan fingerprint density at radius 1 is 1.42 bits per heavy atom. The van der Waals surface area contributed by atoms with E-state index in [0.29, 0.717) is 6.42 Å². The maximum Gasteiger partial charge on any atom is 0.237 e. The highest BCUT2D eigenvalue weighted by molar-refractivity contribution is 7.99. The van der Waals surface area contributed by atoms with Crippen molar-refractivity contribution in [1.82, 2.24) is 5.32 Å². The number of hydrogen-bond donors (Lipinski definition) is 2. The van der Waals surface area contributed by atoms with Crippen LogP contribution in [0.25, 0.3) is 0 Å². The Morgan fingerprint density at radius 2 is 2.05 bits per heavy atom. The lowest BCUT2D eigenvalue weighted by atomic mass is 9.98. The molecule has 0 bridgehead atoms. The second-order valence-electron chi connectivity index (χ2n) is 4.68. The average Bonchev–Trinajstić information content (AvgIpc) is 2.38. The van der Waals surface area contributed by atoms with Crippen LogP contribution < -0.4 is 11.1 Å². The predicted octanol–water partition coefficient (Wildman–Crippen LogP) is 3.07. The lowest BCUT2D eigenvalue weighted by molar-refractivity contribution is -0.123. The number of thioether (sulfide) groups is 1. The molecule has 0 saturated heterocycles. The Hall–Kier alpha value is -0.710. The van der Waals surface area contributed by atoms with Crippen LogP contribution in [0.4, 0.5) is 0 Å². The number of benzene rings is 1. The Bertz CT molecular complexity index is 410. The van der Waals surface area contributed by atoms with E-state index in [1.165, 1.54) is 0 Å². The van der Waals surface area contributed by atoms with Gasteiger partial charge in [0.15, 0.2) is 0 Å². The fourth-order valence-corrected chi connectivity index (χ4v) is 2.80. The molecule has 1 rings (SSSR count). The second kappa shape index (κ2) is 7.78. The summed E-state index contributed by atoms with van der Waals surface area (Å²) >= 11 is 7.54. The van der Waals surface area contributed by atoms with Crippen LogP contribution >= 0.6 is 23.4 Å². The lowest BCUT2D eigenvalue weighted by Gasteiger charge is -2.27. The molecule has 1 unspecified atom stereocenters. The molecule has 1 aromatic rings. The van der Waals surface area contributed by atoms with Gasteiger partial charge in [-0.1, -0.05) is 18.5 Å². The normalized spacial score (nSPS) is 14.1. The third-order valence-corrected chi connectivity index (χ3v) is 4.26. The van der Waals surface area contributed by atoms with E-state index in [1.807, 2.05) is 31.2 Å². The largest absolute Gasteiger partial charge is 0.368 e. The molecule has 0 aliphatic rings. The predicted molar refractivity (Wildman–Crippen MR) is 82.7 cm³/mol. The number of nitrogens with one attached hydrogen (secondary N) is 1. The first kappa shape index (κ1) is 16.3. The molecule has 0 heterocycles. The molecular weight excluding hydrogens is 280 g/mol. The molecule has 1 atom stereocenters. The van der Waals surface area contributed by atoms with Gasteiger partial charge in [0.2, 0.25) is 5.91 Å². The molecule has 0 aromatic heterocycles. The van der Waals surface area contributed by atoms with E-state index in [9.17, 15) is 4.79 Å². The first-order valence-electron chi connectivity index (χ1n) is 6.41. The fourth-order valence-electron chi connectivity index (χ4n) is 1.60. The molecule has 0 spiro atoms. The number of rotatable bonds is 8. The van der Waals surface area contributed by atoms with Crippen LogP contribution in [0, 0.1) is 0 Å². The molecule has 3 nitrogen and oxygen atoms in total. The first-order chi connectivity index (χ1) is 8.98. The van der Waals surface area contributed by atoms with Gasteiger partial charge in [0.05, 0.1) is 5.54 Å². The van der Waals surface area contributed by atoms with Crippen LogP contribution in [0.3, 0.4) is 0 Å². The van der Waals surface area contributed by atoms with Crippen LogP contribution in [-0.4, -0.2) is 23.7 Å². The Labute approximate surface area is 124 Å². The summed E-state index contributed by atoms with van der Waals surface area (Å²) in [5.41, 5.74) is 4.85. The molecule has 5 heteroatoms. The molecule has 0 radical (unpaired) electrons. The second-order valence-corrected chi connectivity index (χ2v) is 6.28. The van der Waals surface area contributed by atoms with Crippen LogP contribution in [0.2, 0.25) is 5.02 Å². The molecular formula is C14H21ClN2OS. The third kappa shape index (κ3) is 5.43. The number of nitrogens with two attached hydrogens (primary N) is 1. The van der Waals surface area contributed by atoms with E-state index in [4.69, 9.17) is 17.3 Å². The molecule has 1 aromatic carbocycles. The number of primary amides is 1. The van der Waals surface area contributed by atoms with Gasteiger partial charge in [0.1, 0.15) is 0 Å². The van der Waals surface area contributed by atoms with E-state index in [0.717, 1.165) is 28.6 Å². The number of amides is 1. The number of hydrogen-bond acceptors (Lipinski definition) is 3. The highest BCUT2D eigenvalue weighted by atomic mass is 35.5. The molecule has 19 heavy (non-hydrogen) atoms. The van der Waals surface area contributed by atoms with E-state index >= 15 is 0 Å². The minimum Gasteiger partial charge on any atom is -0.368 e. The monoisotopic (exact) mass is 300 g/mol. The zero-order valence-electron chi connectivity index (χ0n) is 11.4. The van der Waals surface area contributed by atoms with E-state index in [1.54, 1.807) is 11.8 Å². The van der Waals surface area contributed by atoms with Gasteiger partial charge in [0.25, 0.3) is 0 Å². The third-order valence-electron chi connectivity index (χ3n) is 2.99. The SMILES string of the molecule is CCCNC(C)(CCSc1ccc(Cl)cc1)C(N)=O. The van der Waals surface area contributed by atoms with Gasteiger partial charge >= 0.3 is 0 Å². The summed E-state index contributed by atoms with van der Waals surface area (Å²) in [6.45, 7) is 4.73.